The molecule has 112 valence electrons. The van der Waals surface area contributed by atoms with Crippen LogP contribution in [-0.2, 0) is 6.54 Å². The SMILES string of the molecule is CNc1nc2cc(C(N)=O)cc3c2n1CCN3CCCO. The zero-order chi connectivity index (χ0) is 15.0. The van der Waals surface area contributed by atoms with Gasteiger partial charge in [-0.15, -0.1) is 0 Å². The fraction of sp³-hybridized carbons (Fsp3) is 0.429. The molecule has 0 radical (unpaired) electrons. The molecule has 0 fully saturated rings. The number of nitrogens with two attached hydrogens (primary N) is 1. The molecule has 3 rings (SSSR count). The molecule has 0 saturated carbocycles. The summed E-state index contributed by atoms with van der Waals surface area (Å²) >= 11 is 0. The minimum absolute atomic E-state index is 0.149. The molecule has 0 spiro atoms. The van der Waals surface area contributed by atoms with Gasteiger partial charge in [-0.3, -0.25) is 4.79 Å². The maximum atomic E-state index is 11.5. The van der Waals surface area contributed by atoms with Crippen LogP contribution in [-0.4, -0.2) is 47.3 Å². The minimum atomic E-state index is -0.457. The Morgan fingerprint density at radius 3 is 2.95 bits per heavy atom. The molecule has 7 heteroatoms. The van der Waals surface area contributed by atoms with Crippen LogP contribution in [0.3, 0.4) is 0 Å². The first-order chi connectivity index (χ1) is 10.2. The maximum absolute atomic E-state index is 11.5. The molecule has 7 nitrogen and oxygen atoms in total. The van der Waals surface area contributed by atoms with E-state index >= 15 is 0 Å². The third-order valence-electron chi connectivity index (χ3n) is 3.85. The van der Waals surface area contributed by atoms with E-state index in [-0.39, 0.29) is 6.61 Å². The highest BCUT2D eigenvalue weighted by Crippen LogP contribution is 2.34. The van der Waals surface area contributed by atoms with Gasteiger partial charge in [-0.2, -0.15) is 0 Å². The topological polar surface area (TPSA) is 96.4 Å². The van der Waals surface area contributed by atoms with Crippen molar-refractivity contribution in [2.75, 3.05) is 37.0 Å². The summed E-state index contributed by atoms with van der Waals surface area (Å²) in [6, 6.07) is 3.55. The number of rotatable bonds is 5. The Kier molecular flexibility index (Phi) is 3.42. The molecule has 0 atom stereocenters. The second-order valence-electron chi connectivity index (χ2n) is 5.13. The lowest BCUT2D eigenvalue weighted by Gasteiger charge is -2.30. The van der Waals surface area contributed by atoms with E-state index in [1.54, 1.807) is 6.07 Å². The fourth-order valence-electron chi connectivity index (χ4n) is 2.87. The van der Waals surface area contributed by atoms with E-state index in [0.717, 1.165) is 42.3 Å². The summed E-state index contributed by atoms with van der Waals surface area (Å²) in [6.45, 7) is 2.53. The highest BCUT2D eigenvalue weighted by Gasteiger charge is 2.24. The second-order valence-corrected chi connectivity index (χ2v) is 5.13. The molecule has 1 aromatic heterocycles. The normalized spacial score (nSPS) is 13.7. The molecule has 0 saturated heterocycles. The van der Waals surface area contributed by atoms with Crippen molar-refractivity contribution in [3.63, 3.8) is 0 Å². The molecule has 0 bridgehead atoms. The van der Waals surface area contributed by atoms with Gasteiger partial charge < -0.3 is 25.6 Å². The minimum Gasteiger partial charge on any atom is -0.396 e. The van der Waals surface area contributed by atoms with Crippen molar-refractivity contribution >= 4 is 28.6 Å². The number of nitrogens with zero attached hydrogens (tertiary/aromatic N) is 3. The number of aromatic nitrogens is 2. The number of benzene rings is 1. The zero-order valence-electron chi connectivity index (χ0n) is 12.0. The van der Waals surface area contributed by atoms with Crippen LogP contribution in [0.15, 0.2) is 12.1 Å². The van der Waals surface area contributed by atoms with Crippen molar-refractivity contribution in [1.82, 2.24) is 9.55 Å². The second kappa shape index (κ2) is 5.25. The first-order valence-electron chi connectivity index (χ1n) is 7.03. The predicted octanol–water partition coefficient (Wildman–Crippen LogP) is 0.379. The number of nitrogens with one attached hydrogen (secondary N) is 1. The number of carbonyl (C=O) groups is 1. The smallest absolute Gasteiger partial charge is 0.248 e. The van der Waals surface area contributed by atoms with E-state index in [0.29, 0.717) is 12.0 Å². The number of hydrogen-bond acceptors (Lipinski definition) is 5. The van der Waals surface area contributed by atoms with Gasteiger partial charge in [0.1, 0.15) is 0 Å². The Morgan fingerprint density at radius 1 is 1.48 bits per heavy atom. The molecular weight excluding hydrogens is 270 g/mol. The maximum Gasteiger partial charge on any atom is 0.248 e. The van der Waals surface area contributed by atoms with Gasteiger partial charge in [0.15, 0.2) is 0 Å². The van der Waals surface area contributed by atoms with Crippen LogP contribution in [0, 0.1) is 0 Å². The van der Waals surface area contributed by atoms with Crippen LogP contribution in [0.5, 0.6) is 0 Å². The molecule has 2 aromatic rings. The van der Waals surface area contributed by atoms with Gasteiger partial charge in [-0.1, -0.05) is 0 Å². The summed E-state index contributed by atoms with van der Waals surface area (Å²) in [4.78, 5) is 18.2. The van der Waals surface area contributed by atoms with Crippen molar-refractivity contribution in [3.8, 4) is 0 Å². The van der Waals surface area contributed by atoms with Crippen LogP contribution in [0.25, 0.3) is 11.0 Å². The summed E-state index contributed by atoms with van der Waals surface area (Å²) in [7, 11) is 1.83. The summed E-state index contributed by atoms with van der Waals surface area (Å²) in [5.74, 6) is 0.330. The largest absolute Gasteiger partial charge is 0.396 e. The standard InChI is InChI=1S/C14H19N5O2/c1-16-14-17-10-7-9(13(15)21)8-11-12(10)19(14)5-4-18(11)3-2-6-20/h7-8,20H,2-6H2,1H3,(H2,15,21)(H,16,17). The Balaban J connectivity index is 2.18. The van der Waals surface area contributed by atoms with E-state index in [1.807, 2.05) is 13.1 Å². The van der Waals surface area contributed by atoms with E-state index in [9.17, 15) is 4.79 Å². The summed E-state index contributed by atoms with van der Waals surface area (Å²) in [5.41, 5.74) is 8.61. The van der Waals surface area contributed by atoms with Crippen LogP contribution >= 0.6 is 0 Å². The quantitative estimate of drug-likeness (QED) is 0.739. The molecule has 21 heavy (non-hydrogen) atoms. The molecular formula is C14H19N5O2. The first kappa shape index (κ1) is 13.7. The Labute approximate surface area is 122 Å². The van der Waals surface area contributed by atoms with Crippen LogP contribution < -0.4 is 16.0 Å². The highest BCUT2D eigenvalue weighted by atomic mass is 16.3. The van der Waals surface area contributed by atoms with Crippen LogP contribution in [0.1, 0.15) is 16.8 Å². The van der Waals surface area contributed by atoms with Gasteiger partial charge in [-0.25, -0.2) is 4.98 Å². The molecule has 1 aromatic carbocycles. The van der Waals surface area contributed by atoms with E-state index in [1.165, 1.54) is 0 Å². The van der Waals surface area contributed by atoms with Gasteiger partial charge >= 0.3 is 0 Å². The molecule has 2 heterocycles. The molecule has 0 unspecified atom stereocenters. The zero-order valence-corrected chi connectivity index (χ0v) is 12.0. The number of aliphatic hydroxyl groups excluding tert-OH is 1. The van der Waals surface area contributed by atoms with Crippen molar-refractivity contribution in [2.45, 2.75) is 13.0 Å². The third-order valence-corrected chi connectivity index (χ3v) is 3.85. The van der Waals surface area contributed by atoms with Gasteiger partial charge in [0.05, 0.1) is 16.7 Å². The van der Waals surface area contributed by atoms with E-state index in [4.69, 9.17) is 10.8 Å². The van der Waals surface area contributed by atoms with Gasteiger partial charge in [0.25, 0.3) is 0 Å². The summed E-state index contributed by atoms with van der Waals surface area (Å²) in [5, 5.41) is 12.1. The number of anilines is 2. The van der Waals surface area contributed by atoms with Gasteiger partial charge in [-0.05, 0) is 18.6 Å². The number of carbonyl (C=O) groups excluding carboxylic acids is 1. The number of amides is 1. The van der Waals surface area contributed by atoms with Crippen molar-refractivity contribution < 1.29 is 9.90 Å². The number of imidazole rings is 1. The van der Waals surface area contributed by atoms with E-state index in [2.05, 4.69) is 19.8 Å². The average molecular weight is 289 g/mol. The van der Waals surface area contributed by atoms with Crippen molar-refractivity contribution in [1.29, 1.82) is 0 Å². The van der Waals surface area contributed by atoms with Crippen LogP contribution in [0.4, 0.5) is 11.6 Å². The lowest BCUT2D eigenvalue weighted by Crippen LogP contribution is -2.33. The predicted molar refractivity (Wildman–Crippen MR) is 81.7 cm³/mol. The third kappa shape index (κ3) is 2.19. The number of primary amides is 1. The summed E-state index contributed by atoms with van der Waals surface area (Å²) in [6.07, 6.45) is 0.690. The summed E-state index contributed by atoms with van der Waals surface area (Å²) < 4.78 is 2.12. The Morgan fingerprint density at radius 2 is 2.29 bits per heavy atom. The Hall–Kier alpha value is -2.28. The average Bonchev–Trinajstić information content (AvgIpc) is 2.85. The fourth-order valence-corrected chi connectivity index (χ4v) is 2.87. The molecule has 0 aliphatic carbocycles. The van der Waals surface area contributed by atoms with Crippen molar-refractivity contribution in [3.05, 3.63) is 17.7 Å². The number of aliphatic hydroxyl groups is 1. The van der Waals surface area contributed by atoms with Crippen LogP contribution in [0.2, 0.25) is 0 Å². The van der Waals surface area contributed by atoms with Gasteiger partial charge in [0.2, 0.25) is 11.9 Å². The molecule has 4 N–H and O–H groups in total. The lowest BCUT2D eigenvalue weighted by atomic mass is 10.1. The molecule has 1 aliphatic rings. The number of hydrogen-bond donors (Lipinski definition) is 3. The van der Waals surface area contributed by atoms with E-state index < -0.39 is 5.91 Å². The first-order valence-corrected chi connectivity index (χ1v) is 7.03. The lowest BCUT2D eigenvalue weighted by molar-refractivity contribution is 0.100. The molecule has 1 amide bonds. The van der Waals surface area contributed by atoms with Crippen molar-refractivity contribution in [2.24, 2.45) is 5.73 Å². The monoisotopic (exact) mass is 289 g/mol. The molecule has 1 aliphatic heterocycles. The Bertz CT molecular complexity index is 694. The highest BCUT2D eigenvalue weighted by molar-refractivity contribution is 6.02. The van der Waals surface area contributed by atoms with Gasteiger partial charge in [0, 0.05) is 38.9 Å².